The van der Waals surface area contributed by atoms with Crippen LogP contribution in [0, 0.1) is 0 Å². The van der Waals surface area contributed by atoms with Crippen LogP contribution in [0.15, 0.2) is 18.3 Å². The molecule has 0 spiro atoms. The number of hydrogen-bond donors (Lipinski definition) is 1. The standard InChI is InChI=1S/C8H12N2O.ClH/c1-6(9)8-7(11-2)4-3-5-10-8;/h3-6H,9H2,1-2H3;1H/t6-;/m1./s1. The molecular formula is C8H13ClN2O. The van der Waals surface area contributed by atoms with E-state index in [1.807, 2.05) is 19.1 Å². The van der Waals surface area contributed by atoms with Gasteiger partial charge in [-0.2, -0.15) is 0 Å². The molecule has 0 aliphatic carbocycles. The van der Waals surface area contributed by atoms with E-state index in [0.29, 0.717) is 0 Å². The molecule has 0 amide bonds. The fourth-order valence-corrected chi connectivity index (χ4v) is 0.917. The fourth-order valence-electron chi connectivity index (χ4n) is 0.917. The molecule has 0 unspecified atom stereocenters. The Labute approximate surface area is 78.4 Å². The van der Waals surface area contributed by atoms with E-state index < -0.39 is 0 Å². The number of pyridine rings is 1. The Morgan fingerprint density at radius 1 is 1.58 bits per heavy atom. The van der Waals surface area contributed by atoms with Crippen LogP contribution in [0.1, 0.15) is 18.7 Å². The van der Waals surface area contributed by atoms with Crippen molar-refractivity contribution in [1.82, 2.24) is 4.98 Å². The highest BCUT2D eigenvalue weighted by Gasteiger charge is 2.06. The number of halogens is 1. The first-order valence-corrected chi connectivity index (χ1v) is 3.50. The van der Waals surface area contributed by atoms with Crippen molar-refractivity contribution in [3.63, 3.8) is 0 Å². The SMILES string of the molecule is COc1cccnc1[C@@H](C)N.Cl. The molecule has 1 rings (SSSR count). The van der Waals surface area contributed by atoms with Gasteiger partial charge in [0.05, 0.1) is 12.8 Å². The highest BCUT2D eigenvalue weighted by atomic mass is 35.5. The number of methoxy groups -OCH3 is 1. The van der Waals surface area contributed by atoms with Crippen LogP contribution in [0.25, 0.3) is 0 Å². The molecule has 0 aliphatic rings. The minimum atomic E-state index is -0.0776. The summed E-state index contributed by atoms with van der Waals surface area (Å²) >= 11 is 0. The summed E-state index contributed by atoms with van der Waals surface area (Å²) in [4.78, 5) is 4.10. The third kappa shape index (κ3) is 2.36. The molecule has 2 N–H and O–H groups in total. The highest BCUT2D eigenvalue weighted by Crippen LogP contribution is 2.19. The van der Waals surface area contributed by atoms with E-state index in [2.05, 4.69) is 4.98 Å². The quantitative estimate of drug-likeness (QED) is 0.766. The molecule has 1 atom stereocenters. The van der Waals surface area contributed by atoms with Crippen molar-refractivity contribution < 1.29 is 4.74 Å². The zero-order chi connectivity index (χ0) is 8.27. The van der Waals surface area contributed by atoms with E-state index in [1.165, 1.54) is 0 Å². The molecule has 0 saturated carbocycles. The molecule has 3 nitrogen and oxygen atoms in total. The summed E-state index contributed by atoms with van der Waals surface area (Å²) in [6, 6.07) is 3.60. The van der Waals surface area contributed by atoms with Gasteiger partial charge < -0.3 is 10.5 Å². The molecule has 0 saturated heterocycles. The first kappa shape index (κ1) is 11.2. The Bertz CT molecular complexity index is 240. The van der Waals surface area contributed by atoms with Crippen LogP contribution >= 0.6 is 12.4 Å². The van der Waals surface area contributed by atoms with Crippen LogP contribution in [0.3, 0.4) is 0 Å². The van der Waals surface area contributed by atoms with Gasteiger partial charge in [0, 0.05) is 12.2 Å². The van der Waals surface area contributed by atoms with Gasteiger partial charge in [-0.05, 0) is 19.1 Å². The maximum absolute atomic E-state index is 5.65. The van der Waals surface area contributed by atoms with E-state index in [0.717, 1.165) is 11.4 Å². The van der Waals surface area contributed by atoms with Crippen LogP contribution in [0.2, 0.25) is 0 Å². The lowest BCUT2D eigenvalue weighted by atomic mass is 10.2. The Morgan fingerprint density at radius 3 is 2.67 bits per heavy atom. The maximum Gasteiger partial charge on any atom is 0.141 e. The second kappa shape index (κ2) is 4.95. The second-order valence-electron chi connectivity index (χ2n) is 2.38. The molecule has 1 heterocycles. The van der Waals surface area contributed by atoms with Gasteiger partial charge >= 0.3 is 0 Å². The topological polar surface area (TPSA) is 48.1 Å². The van der Waals surface area contributed by atoms with Crippen molar-refractivity contribution in [3.8, 4) is 5.75 Å². The number of nitrogens with zero attached hydrogens (tertiary/aromatic N) is 1. The minimum Gasteiger partial charge on any atom is -0.495 e. The van der Waals surface area contributed by atoms with E-state index in [-0.39, 0.29) is 18.4 Å². The third-order valence-corrected chi connectivity index (χ3v) is 1.45. The molecule has 0 bridgehead atoms. The minimum absolute atomic E-state index is 0. The van der Waals surface area contributed by atoms with Gasteiger partial charge in [0.1, 0.15) is 5.75 Å². The van der Waals surface area contributed by atoms with E-state index >= 15 is 0 Å². The monoisotopic (exact) mass is 188 g/mol. The molecule has 1 aromatic rings. The van der Waals surface area contributed by atoms with E-state index in [1.54, 1.807) is 13.3 Å². The van der Waals surface area contributed by atoms with Gasteiger partial charge in [-0.15, -0.1) is 12.4 Å². The first-order valence-electron chi connectivity index (χ1n) is 3.50. The van der Waals surface area contributed by atoms with Crippen molar-refractivity contribution in [2.24, 2.45) is 5.73 Å². The Hall–Kier alpha value is -0.800. The molecule has 1 aromatic heterocycles. The number of hydrogen-bond acceptors (Lipinski definition) is 3. The van der Waals surface area contributed by atoms with Crippen molar-refractivity contribution in [2.75, 3.05) is 7.11 Å². The molecule has 12 heavy (non-hydrogen) atoms. The predicted molar refractivity (Wildman–Crippen MR) is 50.6 cm³/mol. The van der Waals surface area contributed by atoms with E-state index in [9.17, 15) is 0 Å². The molecular weight excluding hydrogens is 176 g/mol. The molecule has 0 aliphatic heterocycles. The largest absolute Gasteiger partial charge is 0.495 e. The average molecular weight is 189 g/mol. The molecule has 0 radical (unpaired) electrons. The van der Waals surface area contributed by atoms with Crippen molar-refractivity contribution in [1.29, 1.82) is 0 Å². The van der Waals surface area contributed by atoms with Gasteiger partial charge in [-0.3, -0.25) is 4.98 Å². The fraction of sp³-hybridized carbons (Fsp3) is 0.375. The van der Waals surface area contributed by atoms with Gasteiger partial charge in [0.2, 0.25) is 0 Å². The summed E-state index contributed by atoms with van der Waals surface area (Å²) < 4.78 is 5.06. The molecule has 0 fully saturated rings. The smallest absolute Gasteiger partial charge is 0.141 e. The Kier molecular flexibility index (Phi) is 4.62. The van der Waals surface area contributed by atoms with E-state index in [4.69, 9.17) is 10.5 Å². The maximum atomic E-state index is 5.65. The first-order chi connectivity index (χ1) is 5.25. The molecule has 68 valence electrons. The number of aromatic nitrogens is 1. The van der Waals surface area contributed by atoms with Crippen LogP contribution < -0.4 is 10.5 Å². The number of nitrogens with two attached hydrogens (primary N) is 1. The molecule has 4 heteroatoms. The zero-order valence-electron chi connectivity index (χ0n) is 7.15. The summed E-state index contributed by atoms with van der Waals surface area (Å²) in [7, 11) is 1.61. The predicted octanol–water partition coefficient (Wildman–Crippen LogP) is 1.53. The van der Waals surface area contributed by atoms with Crippen LogP contribution in [0.4, 0.5) is 0 Å². The van der Waals surface area contributed by atoms with Crippen LogP contribution in [-0.2, 0) is 0 Å². The molecule has 0 aromatic carbocycles. The number of rotatable bonds is 2. The van der Waals surface area contributed by atoms with Gasteiger partial charge in [-0.25, -0.2) is 0 Å². The third-order valence-electron chi connectivity index (χ3n) is 1.45. The summed E-state index contributed by atoms with van der Waals surface area (Å²) in [5.74, 6) is 0.752. The normalized spacial score (nSPS) is 11.6. The highest BCUT2D eigenvalue weighted by molar-refractivity contribution is 5.85. The summed E-state index contributed by atoms with van der Waals surface area (Å²) in [6.07, 6.45) is 1.71. The lowest BCUT2D eigenvalue weighted by molar-refractivity contribution is 0.403. The lowest BCUT2D eigenvalue weighted by Crippen LogP contribution is -2.08. The number of ether oxygens (including phenoxy) is 1. The van der Waals surface area contributed by atoms with Gasteiger partial charge in [-0.1, -0.05) is 0 Å². The van der Waals surface area contributed by atoms with Crippen molar-refractivity contribution in [3.05, 3.63) is 24.0 Å². The summed E-state index contributed by atoms with van der Waals surface area (Å²) in [6.45, 7) is 1.88. The lowest BCUT2D eigenvalue weighted by Gasteiger charge is -2.08. The second-order valence-corrected chi connectivity index (χ2v) is 2.38. The van der Waals surface area contributed by atoms with Crippen LogP contribution in [-0.4, -0.2) is 12.1 Å². The van der Waals surface area contributed by atoms with Gasteiger partial charge in [0.15, 0.2) is 0 Å². The summed E-state index contributed by atoms with van der Waals surface area (Å²) in [5, 5.41) is 0. The Balaban J connectivity index is 0.00000121. The zero-order valence-corrected chi connectivity index (χ0v) is 7.97. The van der Waals surface area contributed by atoms with Crippen molar-refractivity contribution >= 4 is 12.4 Å². The van der Waals surface area contributed by atoms with Crippen molar-refractivity contribution in [2.45, 2.75) is 13.0 Å². The van der Waals surface area contributed by atoms with Gasteiger partial charge in [0.25, 0.3) is 0 Å². The Morgan fingerprint density at radius 2 is 2.25 bits per heavy atom. The van der Waals surface area contributed by atoms with Crippen LogP contribution in [0.5, 0.6) is 5.75 Å². The average Bonchev–Trinajstić information content (AvgIpc) is 2.04. The summed E-state index contributed by atoms with van der Waals surface area (Å²) in [5.41, 5.74) is 6.45.